The predicted octanol–water partition coefficient (Wildman–Crippen LogP) is 7.69. The minimum absolute atomic E-state index is 0. The van der Waals surface area contributed by atoms with Crippen LogP contribution in [0.4, 0.5) is 8.78 Å². The molecular formula is C28H38BrF2NO. The van der Waals surface area contributed by atoms with E-state index in [1.165, 1.54) is 46.0 Å². The molecule has 0 saturated heterocycles. The Bertz CT molecular complexity index is 886. The van der Waals surface area contributed by atoms with Crippen molar-refractivity contribution in [1.82, 2.24) is 4.90 Å². The Morgan fingerprint density at radius 2 is 1.36 bits per heavy atom. The second-order valence-electron chi connectivity index (χ2n) is 9.00. The van der Waals surface area contributed by atoms with Crippen molar-refractivity contribution in [3.63, 3.8) is 0 Å². The van der Waals surface area contributed by atoms with Crippen molar-refractivity contribution < 1.29 is 13.5 Å². The zero-order valence-electron chi connectivity index (χ0n) is 20.8. The first-order valence-electron chi connectivity index (χ1n) is 11.2. The van der Waals surface area contributed by atoms with Crippen LogP contribution in [-0.2, 0) is 11.3 Å². The summed E-state index contributed by atoms with van der Waals surface area (Å²) in [4.78, 5) is 2.39. The molecule has 0 heterocycles. The molecule has 5 heteroatoms. The lowest BCUT2D eigenvalue weighted by molar-refractivity contribution is 0.0923. The molecule has 0 aliphatic carbocycles. The standard InChI is InChI=1S/C28H37F2NO.BrH/c1-20(2)13-15-31(16-14-21(3)4)17-24(28-22(5)9-7-10-23(28)6)18-32-19-25-26(29)11-8-12-27(25)30;/h7-14,24H,15-19H2,1-6H3;1H. The van der Waals surface area contributed by atoms with Crippen LogP contribution in [0.5, 0.6) is 0 Å². The number of allylic oxidation sites excluding steroid dienone is 2. The molecule has 2 aromatic carbocycles. The second kappa shape index (κ2) is 14.4. The molecule has 0 amide bonds. The summed E-state index contributed by atoms with van der Waals surface area (Å²) in [6, 6.07) is 10.2. The van der Waals surface area contributed by atoms with Gasteiger partial charge in [-0.15, -0.1) is 17.0 Å². The molecule has 0 fully saturated rings. The number of hydrogen-bond acceptors (Lipinski definition) is 2. The van der Waals surface area contributed by atoms with Crippen LogP contribution >= 0.6 is 17.0 Å². The smallest absolute Gasteiger partial charge is 0.131 e. The molecule has 0 aliphatic rings. The molecule has 0 aliphatic heterocycles. The van der Waals surface area contributed by atoms with Gasteiger partial charge in [0.1, 0.15) is 11.6 Å². The summed E-state index contributed by atoms with van der Waals surface area (Å²) in [5, 5.41) is 0. The fraction of sp³-hybridized carbons (Fsp3) is 0.429. The molecule has 2 rings (SSSR count). The van der Waals surface area contributed by atoms with Gasteiger partial charge in [-0.25, -0.2) is 8.78 Å². The van der Waals surface area contributed by atoms with E-state index in [-0.39, 0.29) is 35.1 Å². The topological polar surface area (TPSA) is 12.5 Å². The van der Waals surface area contributed by atoms with E-state index in [9.17, 15) is 8.78 Å². The number of benzene rings is 2. The van der Waals surface area contributed by atoms with E-state index in [2.05, 4.69) is 76.8 Å². The van der Waals surface area contributed by atoms with Gasteiger partial charge in [0.15, 0.2) is 0 Å². The number of ether oxygens (including phenoxy) is 1. The van der Waals surface area contributed by atoms with E-state index in [1.807, 2.05) is 0 Å². The average Bonchev–Trinajstić information content (AvgIpc) is 2.71. The molecule has 0 N–H and O–H groups in total. The molecule has 0 spiro atoms. The SMILES string of the molecule is Br.CC(C)=CCN(CC=C(C)C)CC(COCc1c(F)cccc1F)c1c(C)cccc1C. The molecular weight excluding hydrogens is 484 g/mol. The monoisotopic (exact) mass is 521 g/mol. The number of hydrogen-bond donors (Lipinski definition) is 0. The van der Waals surface area contributed by atoms with Gasteiger partial charge < -0.3 is 4.74 Å². The lowest BCUT2D eigenvalue weighted by Gasteiger charge is -2.28. The van der Waals surface area contributed by atoms with Gasteiger partial charge in [0.2, 0.25) is 0 Å². The Kier molecular flexibility index (Phi) is 12.8. The summed E-state index contributed by atoms with van der Waals surface area (Å²) in [6.45, 7) is 15.4. The maximum Gasteiger partial charge on any atom is 0.131 e. The fourth-order valence-electron chi connectivity index (χ4n) is 3.83. The number of nitrogens with zero attached hydrogens (tertiary/aromatic N) is 1. The van der Waals surface area contributed by atoms with E-state index in [1.54, 1.807) is 0 Å². The third kappa shape index (κ3) is 9.52. The highest BCUT2D eigenvalue weighted by Gasteiger charge is 2.20. The van der Waals surface area contributed by atoms with Crippen LogP contribution in [0.25, 0.3) is 0 Å². The Balaban J connectivity index is 0.00000544. The summed E-state index contributed by atoms with van der Waals surface area (Å²) in [5.74, 6) is -1.05. The van der Waals surface area contributed by atoms with Crippen molar-refractivity contribution in [2.75, 3.05) is 26.2 Å². The van der Waals surface area contributed by atoms with Gasteiger partial charge in [0.05, 0.1) is 13.2 Å². The van der Waals surface area contributed by atoms with E-state index in [0.29, 0.717) is 6.61 Å². The first-order chi connectivity index (χ1) is 15.2. The molecule has 33 heavy (non-hydrogen) atoms. The molecule has 0 aromatic heterocycles. The first-order valence-corrected chi connectivity index (χ1v) is 11.2. The first kappa shape index (κ1) is 29.2. The van der Waals surface area contributed by atoms with Crippen molar-refractivity contribution in [2.45, 2.75) is 54.1 Å². The lowest BCUT2D eigenvalue weighted by Crippen LogP contribution is -2.32. The molecule has 0 saturated carbocycles. The van der Waals surface area contributed by atoms with Gasteiger partial charge >= 0.3 is 0 Å². The van der Waals surface area contributed by atoms with E-state index >= 15 is 0 Å². The van der Waals surface area contributed by atoms with Gasteiger partial charge in [0, 0.05) is 31.1 Å². The average molecular weight is 523 g/mol. The molecule has 0 bridgehead atoms. The summed E-state index contributed by atoms with van der Waals surface area (Å²) in [6.07, 6.45) is 4.46. The van der Waals surface area contributed by atoms with Crippen molar-refractivity contribution in [3.8, 4) is 0 Å². The fourth-order valence-corrected chi connectivity index (χ4v) is 3.83. The predicted molar refractivity (Wildman–Crippen MR) is 140 cm³/mol. The van der Waals surface area contributed by atoms with Gasteiger partial charge in [-0.05, 0) is 70.4 Å². The van der Waals surface area contributed by atoms with E-state index in [4.69, 9.17) is 4.74 Å². The molecule has 2 nitrogen and oxygen atoms in total. The molecule has 182 valence electrons. The molecule has 2 aromatic rings. The number of aryl methyl sites for hydroxylation is 2. The largest absolute Gasteiger partial charge is 0.376 e. The molecule has 0 radical (unpaired) electrons. The Hall–Kier alpha value is -1.82. The van der Waals surface area contributed by atoms with Crippen LogP contribution in [0, 0.1) is 25.5 Å². The Labute approximate surface area is 209 Å². The summed E-state index contributed by atoms with van der Waals surface area (Å²) < 4.78 is 34.0. The van der Waals surface area contributed by atoms with Gasteiger partial charge in [-0.3, -0.25) is 4.90 Å². The third-order valence-electron chi connectivity index (χ3n) is 5.57. The highest BCUT2D eigenvalue weighted by Crippen LogP contribution is 2.26. The molecule has 1 unspecified atom stereocenters. The lowest BCUT2D eigenvalue weighted by atomic mass is 9.90. The van der Waals surface area contributed by atoms with Crippen LogP contribution in [-0.4, -0.2) is 31.1 Å². The molecule has 1 atom stereocenters. The van der Waals surface area contributed by atoms with Gasteiger partial charge in [-0.2, -0.15) is 0 Å². The summed E-state index contributed by atoms with van der Waals surface area (Å²) in [7, 11) is 0. The summed E-state index contributed by atoms with van der Waals surface area (Å²) >= 11 is 0. The van der Waals surface area contributed by atoms with Crippen molar-refractivity contribution in [1.29, 1.82) is 0 Å². The zero-order valence-corrected chi connectivity index (χ0v) is 22.5. The van der Waals surface area contributed by atoms with Crippen LogP contribution in [0.3, 0.4) is 0 Å². The van der Waals surface area contributed by atoms with Crippen LogP contribution < -0.4 is 0 Å². The van der Waals surface area contributed by atoms with Crippen molar-refractivity contribution in [2.24, 2.45) is 0 Å². The highest BCUT2D eigenvalue weighted by atomic mass is 79.9. The second-order valence-corrected chi connectivity index (χ2v) is 9.00. The third-order valence-corrected chi connectivity index (χ3v) is 5.57. The van der Waals surface area contributed by atoms with E-state index in [0.717, 1.165) is 19.6 Å². The quantitative estimate of drug-likeness (QED) is 0.281. The van der Waals surface area contributed by atoms with Crippen LogP contribution in [0.2, 0.25) is 0 Å². The Morgan fingerprint density at radius 1 is 0.879 bits per heavy atom. The van der Waals surface area contributed by atoms with Crippen LogP contribution in [0.15, 0.2) is 59.7 Å². The van der Waals surface area contributed by atoms with Gasteiger partial charge in [-0.1, -0.05) is 47.6 Å². The maximum absolute atomic E-state index is 14.0. The normalized spacial score (nSPS) is 11.7. The number of halogens is 3. The highest BCUT2D eigenvalue weighted by molar-refractivity contribution is 8.93. The Morgan fingerprint density at radius 3 is 1.85 bits per heavy atom. The minimum Gasteiger partial charge on any atom is -0.376 e. The van der Waals surface area contributed by atoms with E-state index < -0.39 is 11.6 Å². The van der Waals surface area contributed by atoms with Crippen molar-refractivity contribution >= 4 is 17.0 Å². The maximum atomic E-state index is 14.0. The minimum atomic E-state index is -0.567. The van der Waals surface area contributed by atoms with Crippen molar-refractivity contribution in [3.05, 3.63) is 93.6 Å². The van der Waals surface area contributed by atoms with Gasteiger partial charge in [0.25, 0.3) is 0 Å². The summed E-state index contributed by atoms with van der Waals surface area (Å²) in [5.41, 5.74) is 6.21. The van der Waals surface area contributed by atoms with Crippen LogP contribution in [0.1, 0.15) is 55.9 Å². The number of rotatable bonds is 11. The zero-order chi connectivity index (χ0) is 23.7.